The van der Waals surface area contributed by atoms with Crippen molar-refractivity contribution in [1.29, 1.82) is 0 Å². The van der Waals surface area contributed by atoms with Gasteiger partial charge in [0, 0.05) is 38.5 Å². The molecule has 1 aliphatic heterocycles. The molecule has 0 aromatic heterocycles. The summed E-state index contributed by atoms with van der Waals surface area (Å²) in [6, 6.07) is 8.50. The van der Waals surface area contributed by atoms with E-state index in [4.69, 9.17) is 0 Å². The van der Waals surface area contributed by atoms with Crippen molar-refractivity contribution in [1.82, 2.24) is 15.5 Å². The van der Waals surface area contributed by atoms with Crippen LogP contribution >= 0.6 is 12.4 Å². The highest BCUT2D eigenvalue weighted by Gasteiger charge is 2.19. The number of rotatable bonds is 7. The zero-order valence-corrected chi connectivity index (χ0v) is 15.3. The molecule has 24 heavy (non-hydrogen) atoms. The first-order chi connectivity index (χ1) is 11.2. The number of halogens is 1. The lowest BCUT2D eigenvalue weighted by atomic mass is 9.94. The third-order valence-electron chi connectivity index (χ3n) is 4.40. The molecular weight excluding hydrogens is 326 g/mol. The van der Waals surface area contributed by atoms with Crippen molar-refractivity contribution in [3.05, 3.63) is 35.4 Å². The molecule has 0 aliphatic carbocycles. The van der Waals surface area contributed by atoms with Gasteiger partial charge < -0.3 is 15.5 Å². The van der Waals surface area contributed by atoms with E-state index in [2.05, 4.69) is 28.8 Å². The van der Waals surface area contributed by atoms with Crippen molar-refractivity contribution >= 4 is 24.2 Å². The van der Waals surface area contributed by atoms with Gasteiger partial charge in [0.25, 0.3) is 0 Å². The molecule has 5 nitrogen and oxygen atoms in total. The SMILES string of the molecule is CCN(CC)C(=O)CCC(=O)NCC1NCCc2ccccc21.Cl. The average Bonchev–Trinajstić information content (AvgIpc) is 2.59. The van der Waals surface area contributed by atoms with E-state index in [0.29, 0.717) is 19.6 Å². The topological polar surface area (TPSA) is 61.4 Å². The number of fused-ring (bicyclic) bond motifs is 1. The maximum Gasteiger partial charge on any atom is 0.223 e. The molecule has 1 heterocycles. The minimum absolute atomic E-state index is 0. The van der Waals surface area contributed by atoms with Gasteiger partial charge in [-0.15, -0.1) is 12.4 Å². The maximum absolute atomic E-state index is 12.0. The minimum Gasteiger partial charge on any atom is -0.354 e. The van der Waals surface area contributed by atoms with Gasteiger partial charge in [-0.3, -0.25) is 9.59 Å². The maximum atomic E-state index is 12.0. The molecule has 0 radical (unpaired) electrons. The van der Waals surface area contributed by atoms with Crippen LogP contribution in [0.2, 0.25) is 0 Å². The second-order valence-corrected chi connectivity index (χ2v) is 5.83. The van der Waals surface area contributed by atoms with E-state index in [1.807, 2.05) is 19.9 Å². The molecule has 2 N–H and O–H groups in total. The van der Waals surface area contributed by atoms with E-state index in [1.165, 1.54) is 11.1 Å². The fraction of sp³-hybridized carbons (Fsp3) is 0.556. The molecule has 1 atom stereocenters. The van der Waals surface area contributed by atoms with Crippen LogP contribution in [0.3, 0.4) is 0 Å². The van der Waals surface area contributed by atoms with Crippen LogP contribution in [-0.2, 0) is 16.0 Å². The van der Waals surface area contributed by atoms with Crippen molar-refractivity contribution in [2.75, 3.05) is 26.2 Å². The quantitative estimate of drug-likeness (QED) is 0.788. The fourth-order valence-electron chi connectivity index (χ4n) is 3.03. The van der Waals surface area contributed by atoms with Gasteiger partial charge in [0.1, 0.15) is 0 Å². The lowest BCUT2D eigenvalue weighted by molar-refractivity contribution is -0.133. The molecule has 0 bridgehead atoms. The summed E-state index contributed by atoms with van der Waals surface area (Å²) in [6.07, 6.45) is 1.56. The summed E-state index contributed by atoms with van der Waals surface area (Å²) in [6.45, 7) is 6.79. The first-order valence-corrected chi connectivity index (χ1v) is 8.51. The number of carbonyl (C=O) groups is 2. The van der Waals surface area contributed by atoms with E-state index in [-0.39, 0.29) is 43.1 Å². The Morgan fingerprint density at radius 3 is 2.62 bits per heavy atom. The molecule has 0 spiro atoms. The first-order valence-electron chi connectivity index (χ1n) is 8.51. The second-order valence-electron chi connectivity index (χ2n) is 5.83. The standard InChI is InChI=1S/C18H27N3O2.ClH/c1-3-21(4-2)18(23)10-9-17(22)20-13-16-15-8-6-5-7-14(15)11-12-19-16;/h5-8,16,19H,3-4,9-13H2,1-2H3,(H,20,22);1H. The highest BCUT2D eigenvalue weighted by molar-refractivity contribution is 5.85. The monoisotopic (exact) mass is 353 g/mol. The summed E-state index contributed by atoms with van der Waals surface area (Å²) < 4.78 is 0. The van der Waals surface area contributed by atoms with Gasteiger partial charge in [0.05, 0.1) is 0 Å². The van der Waals surface area contributed by atoms with Crippen LogP contribution in [-0.4, -0.2) is 42.9 Å². The molecule has 1 aromatic rings. The van der Waals surface area contributed by atoms with Gasteiger partial charge >= 0.3 is 0 Å². The molecule has 134 valence electrons. The summed E-state index contributed by atoms with van der Waals surface area (Å²) >= 11 is 0. The molecule has 1 unspecified atom stereocenters. The summed E-state index contributed by atoms with van der Waals surface area (Å²) in [5.41, 5.74) is 2.61. The second kappa shape index (κ2) is 10.3. The molecule has 6 heteroatoms. The Bertz CT molecular complexity index is 547. The first kappa shape index (κ1) is 20.5. The van der Waals surface area contributed by atoms with Gasteiger partial charge in [-0.2, -0.15) is 0 Å². The number of hydrogen-bond acceptors (Lipinski definition) is 3. The Balaban J connectivity index is 0.00000288. The van der Waals surface area contributed by atoms with Gasteiger partial charge in [-0.25, -0.2) is 0 Å². The van der Waals surface area contributed by atoms with Gasteiger partial charge in [-0.05, 0) is 37.9 Å². The predicted molar refractivity (Wildman–Crippen MR) is 98.3 cm³/mol. The number of benzene rings is 1. The summed E-state index contributed by atoms with van der Waals surface area (Å²) in [5.74, 6) is -0.0124. The Morgan fingerprint density at radius 1 is 1.21 bits per heavy atom. The van der Waals surface area contributed by atoms with Crippen LogP contribution in [0.5, 0.6) is 0 Å². The van der Waals surface area contributed by atoms with E-state index < -0.39 is 0 Å². The fourth-order valence-corrected chi connectivity index (χ4v) is 3.03. The van der Waals surface area contributed by atoms with Crippen molar-refractivity contribution in [3.8, 4) is 0 Å². The molecule has 2 rings (SSSR count). The molecule has 0 saturated carbocycles. The lowest BCUT2D eigenvalue weighted by Gasteiger charge is -2.27. The molecular formula is C18H28ClN3O2. The zero-order chi connectivity index (χ0) is 16.7. The van der Waals surface area contributed by atoms with Gasteiger partial charge in [0.15, 0.2) is 0 Å². The highest BCUT2D eigenvalue weighted by atomic mass is 35.5. The molecule has 2 amide bonds. The lowest BCUT2D eigenvalue weighted by Crippen LogP contribution is -2.39. The predicted octanol–water partition coefficient (Wildman–Crippen LogP) is 2.06. The largest absolute Gasteiger partial charge is 0.354 e. The number of hydrogen-bond donors (Lipinski definition) is 2. The Morgan fingerprint density at radius 2 is 1.92 bits per heavy atom. The van der Waals surface area contributed by atoms with Crippen LogP contribution in [0.4, 0.5) is 0 Å². The molecule has 0 fully saturated rings. The van der Waals surface area contributed by atoms with Gasteiger partial charge in [0.2, 0.25) is 11.8 Å². The number of nitrogens with one attached hydrogen (secondary N) is 2. The molecule has 1 aromatic carbocycles. The number of amides is 2. The van der Waals surface area contributed by atoms with Crippen LogP contribution < -0.4 is 10.6 Å². The normalized spacial score (nSPS) is 15.8. The van der Waals surface area contributed by atoms with E-state index >= 15 is 0 Å². The summed E-state index contributed by atoms with van der Waals surface area (Å²) in [7, 11) is 0. The van der Waals surface area contributed by atoms with Crippen LogP contribution in [0.15, 0.2) is 24.3 Å². The Kier molecular flexibility index (Phi) is 8.79. The molecule has 0 saturated heterocycles. The smallest absolute Gasteiger partial charge is 0.223 e. The van der Waals surface area contributed by atoms with Crippen molar-refractivity contribution in [2.24, 2.45) is 0 Å². The summed E-state index contributed by atoms with van der Waals surface area (Å²) in [5, 5.41) is 6.39. The van der Waals surface area contributed by atoms with E-state index in [1.54, 1.807) is 4.90 Å². The Labute approximate surface area is 150 Å². The Hall–Kier alpha value is -1.59. The molecule has 1 aliphatic rings. The van der Waals surface area contributed by atoms with E-state index in [9.17, 15) is 9.59 Å². The third-order valence-corrected chi connectivity index (χ3v) is 4.40. The minimum atomic E-state index is -0.0599. The van der Waals surface area contributed by atoms with Crippen LogP contribution in [0, 0.1) is 0 Å². The summed E-state index contributed by atoms with van der Waals surface area (Å²) in [4.78, 5) is 25.7. The highest BCUT2D eigenvalue weighted by Crippen LogP contribution is 2.21. The van der Waals surface area contributed by atoms with E-state index in [0.717, 1.165) is 13.0 Å². The third kappa shape index (κ3) is 5.49. The van der Waals surface area contributed by atoms with Crippen molar-refractivity contribution < 1.29 is 9.59 Å². The zero-order valence-electron chi connectivity index (χ0n) is 14.5. The van der Waals surface area contributed by atoms with Crippen LogP contribution in [0.25, 0.3) is 0 Å². The van der Waals surface area contributed by atoms with Gasteiger partial charge in [-0.1, -0.05) is 24.3 Å². The average molecular weight is 354 g/mol. The van der Waals surface area contributed by atoms with Crippen molar-refractivity contribution in [2.45, 2.75) is 39.2 Å². The number of carbonyl (C=O) groups excluding carboxylic acids is 2. The number of nitrogens with zero attached hydrogens (tertiary/aromatic N) is 1. The van der Waals surface area contributed by atoms with Crippen LogP contribution in [0.1, 0.15) is 43.9 Å². The van der Waals surface area contributed by atoms with Crippen molar-refractivity contribution in [3.63, 3.8) is 0 Å².